The predicted molar refractivity (Wildman–Crippen MR) is 151 cm³/mol. The van der Waals surface area contributed by atoms with Crippen molar-refractivity contribution in [3.8, 4) is 10.6 Å². The minimum atomic E-state index is -0.0256. The van der Waals surface area contributed by atoms with Gasteiger partial charge in [0.1, 0.15) is 0 Å². The minimum absolute atomic E-state index is 0.0256. The molecule has 1 aliphatic rings. The van der Waals surface area contributed by atoms with Gasteiger partial charge in [0.25, 0.3) is 5.91 Å². The van der Waals surface area contributed by atoms with Crippen molar-refractivity contribution in [2.24, 2.45) is 0 Å². The molecule has 1 amide bonds. The predicted octanol–water partition coefficient (Wildman–Crippen LogP) is 5.15. The molecule has 0 saturated carbocycles. The topological polar surface area (TPSA) is 82.2 Å². The van der Waals surface area contributed by atoms with Crippen molar-refractivity contribution < 1.29 is 4.79 Å². The number of carbonyl (C=O) groups is 1. The van der Waals surface area contributed by atoms with Crippen LogP contribution in [0.2, 0.25) is 0 Å². The number of anilines is 1. The molecule has 2 aromatic heterocycles. The summed E-state index contributed by atoms with van der Waals surface area (Å²) in [5.41, 5.74) is 1.68. The molecule has 0 aliphatic carbocycles. The van der Waals surface area contributed by atoms with Gasteiger partial charge < -0.3 is 20.9 Å². The van der Waals surface area contributed by atoms with Crippen molar-refractivity contribution in [2.45, 2.75) is 71.5 Å². The lowest BCUT2D eigenvalue weighted by Crippen LogP contribution is -2.60. The fourth-order valence-electron chi connectivity index (χ4n) is 5.50. The quantitative estimate of drug-likeness (QED) is 0.371. The van der Waals surface area contributed by atoms with Crippen molar-refractivity contribution in [3.05, 3.63) is 42.1 Å². The summed E-state index contributed by atoms with van der Waals surface area (Å²) in [6, 6.07) is 10.3. The lowest BCUT2D eigenvalue weighted by atomic mass is 9.80. The van der Waals surface area contributed by atoms with Gasteiger partial charge in [-0.25, -0.2) is 9.97 Å². The third-order valence-electron chi connectivity index (χ3n) is 6.83. The zero-order chi connectivity index (χ0) is 25.9. The lowest BCUT2D eigenvalue weighted by Gasteiger charge is -2.46. The van der Waals surface area contributed by atoms with Crippen LogP contribution in [0.15, 0.2) is 36.5 Å². The normalized spacial score (nSPS) is 17.4. The Labute approximate surface area is 219 Å². The van der Waals surface area contributed by atoms with Crippen molar-refractivity contribution in [3.63, 3.8) is 0 Å². The van der Waals surface area contributed by atoms with E-state index in [4.69, 9.17) is 4.98 Å². The Morgan fingerprint density at radius 1 is 1.14 bits per heavy atom. The van der Waals surface area contributed by atoms with Gasteiger partial charge in [0.05, 0.1) is 16.1 Å². The maximum Gasteiger partial charge on any atom is 0.252 e. The van der Waals surface area contributed by atoms with Crippen LogP contribution in [-0.2, 0) is 0 Å². The van der Waals surface area contributed by atoms with Crippen LogP contribution in [0, 0.1) is 0 Å². The molecule has 8 heteroatoms. The first-order chi connectivity index (χ1) is 17.1. The summed E-state index contributed by atoms with van der Waals surface area (Å²) in [6.07, 6.45) is 3.81. The highest BCUT2D eigenvalue weighted by Crippen LogP contribution is 2.35. The van der Waals surface area contributed by atoms with Crippen LogP contribution in [0.5, 0.6) is 0 Å². The van der Waals surface area contributed by atoms with Gasteiger partial charge in [-0.15, -0.1) is 11.3 Å². The van der Waals surface area contributed by atoms with E-state index in [-0.39, 0.29) is 17.0 Å². The van der Waals surface area contributed by atoms with Gasteiger partial charge in [-0.1, -0.05) is 26.0 Å². The fourth-order valence-corrected chi connectivity index (χ4v) is 6.64. The summed E-state index contributed by atoms with van der Waals surface area (Å²) >= 11 is 1.61. The van der Waals surface area contributed by atoms with Crippen LogP contribution in [0.1, 0.15) is 64.7 Å². The molecule has 36 heavy (non-hydrogen) atoms. The van der Waals surface area contributed by atoms with Crippen LogP contribution >= 0.6 is 11.3 Å². The molecule has 0 unspecified atom stereocenters. The SMILES string of the molecule is CCN(CC)CCNC(=O)c1cccc2cc(-c3ccnc(NC4CC(C)(C)NC(C)(C)C4)n3)sc12. The Balaban J connectivity index is 1.51. The first-order valence-electron chi connectivity index (χ1n) is 13.0. The zero-order valence-corrected chi connectivity index (χ0v) is 23.3. The highest BCUT2D eigenvalue weighted by Gasteiger charge is 2.37. The summed E-state index contributed by atoms with van der Waals surface area (Å²) in [6.45, 7) is 16.7. The number of carbonyl (C=O) groups excluding carboxylic acids is 1. The first-order valence-corrected chi connectivity index (χ1v) is 13.8. The molecular formula is C28H40N6OS. The maximum absolute atomic E-state index is 13.0. The number of amides is 1. The number of hydrogen-bond donors (Lipinski definition) is 3. The second-order valence-electron chi connectivity index (χ2n) is 11.0. The Morgan fingerprint density at radius 3 is 2.56 bits per heavy atom. The van der Waals surface area contributed by atoms with E-state index in [2.05, 4.69) is 79.5 Å². The number of aromatic nitrogens is 2. The molecule has 4 rings (SSSR count). The molecule has 0 radical (unpaired) electrons. The van der Waals surface area contributed by atoms with Crippen molar-refractivity contribution >= 4 is 33.3 Å². The third-order valence-corrected chi connectivity index (χ3v) is 8.03. The monoisotopic (exact) mass is 508 g/mol. The second-order valence-corrected chi connectivity index (χ2v) is 12.1. The highest BCUT2D eigenvalue weighted by atomic mass is 32.1. The number of piperidine rings is 1. The average molecular weight is 509 g/mol. The van der Waals surface area contributed by atoms with Crippen molar-refractivity contribution in [1.82, 2.24) is 25.5 Å². The van der Waals surface area contributed by atoms with Crippen LogP contribution in [-0.4, -0.2) is 64.1 Å². The van der Waals surface area contributed by atoms with E-state index in [0.29, 0.717) is 18.5 Å². The summed E-state index contributed by atoms with van der Waals surface area (Å²) in [4.78, 5) is 25.7. The Kier molecular flexibility index (Phi) is 7.97. The molecule has 7 nitrogen and oxygen atoms in total. The van der Waals surface area contributed by atoms with Crippen molar-refractivity contribution in [1.29, 1.82) is 0 Å². The van der Waals surface area contributed by atoms with Crippen LogP contribution in [0.25, 0.3) is 20.7 Å². The van der Waals surface area contributed by atoms with E-state index < -0.39 is 0 Å². The summed E-state index contributed by atoms with van der Waals surface area (Å²) in [5.74, 6) is 0.625. The van der Waals surface area contributed by atoms with E-state index in [1.165, 1.54) is 0 Å². The number of nitrogens with one attached hydrogen (secondary N) is 3. The molecule has 3 heterocycles. The van der Waals surface area contributed by atoms with E-state index >= 15 is 0 Å². The van der Waals surface area contributed by atoms with Gasteiger partial charge in [0, 0.05) is 41.1 Å². The number of rotatable bonds is 9. The molecule has 0 bridgehead atoms. The van der Waals surface area contributed by atoms with E-state index in [0.717, 1.165) is 58.7 Å². The molecule has 194 valence electrons. The van der Waals surface area contributed by atoms with Crippen LogP contribution < -0.4 is 16.0 Å². The van der Waals surface area contributed by atoms with E-state index in [1.54, 1.807) is 11.3 Å². The fraction of sp³-hybridized carbons (Fsp3) is 0.536. The number of likely N-dealkylation sites (N-methyl/N-ethyl adjacent to an activating group) is 1. The lowest BCUT2D eigenvalue weighted by molar-refractivity contribution is 0.0950. The van der Waals surface area contributed by atoms with Gasteiger partial charge in [0.15, 0.2) is 0 Å². The molecule has 0 spiro atoms. The standard InChI is InChI=1S/C28H40N6OS/c1-7-34(8-2)15-14-29-25(35)21-11-9-10-19-16-23(36-24(19)21)22-12-13-30-26(32-22)31-20-17-27(3,4)33-28(5,6)18-20/h9-13,16,20,33H,7-8,14-15,17-18H2,1-6H3,(H,29,35)(H,30,31,32). The molecular weight excluding hydrogens is 468 g/mol. The third kappa shape index (κ3) is 6.41. The summed E-state index contributed by atoms with van der Waals surface area (Å²) in [5, 5.41) is 11.5. The Morgan fingerprint density at radius 2 is 1.86 bits per heavy atom. The maximum atomic E-state index is 13.0. The highest BCUT2D eigenvalue weighted by molar-refractivity contribution is 7.22. The van der Waals surface area contributed by atoms with Gasteiger partial charge in [-0.05, 0) is 77.2 Å². The van der Waals surface area contributed by atoms with Gasteiger partial charge in [-0.3, -0.25) is 4.79 Å². The van der Waals surface area contributed by atoms with Crippen LogP contribution in [0.3, 0.4) is 0 Å². The molecule has 1 fully saturated rings. The molecule has 3 N–H and O–H groups in total. The number of nitrogens with zero attached hydrogens (tertiary/aromatic N) is 3. The Hall–Kier alpha value is -2.55. The first kappa shape index (κ1) is 26.5. The molecule has 1 saturated heterocycles. The van der Waals surface area contributed by atoms with Crippen LogP contribution in [0.4, 0.5) is 5.95 Å². The molecule has 3 aromatic rings. The smallest absolute Gasteiger partial charge is 0.252 e. The second kappa shape index (κ2) is 10.8. The summed E-state index contributed by atoms with van der Waals surface area (Å²) < 4.78 is 0.989. The number of fused-ring (bicyclic) bond motifs is 1. The number of benzene rings is 1. The minimum Gasteiger partial charge on any atom is -0.351 e. The molecule has 0 atom stereocenters. The summed E-state index contributed by atoms with van der Waals surface area (Å²) in [7, 11) is 0. The molecule has 1 aromatic carbocycles. The van der Waals surface area contributed by atoms with E-state index in [9.17, 15) is 4.79 Å². The molecule has 1 aliphatic heterocycles. The zero-order valence-electron chi connectivity index (χ0n) is 22.4. The number of hydrogen-bond acceptors (Lipinski definition) is 7. The van der Waals surface area contributed by atoms with Gasteiger partial charge in [0.2, 0.25) is 5.95 Å². The average Bonchev–Trinajstić information content (AvgIpc) is 3.24. The van der Waals surface area contributed by atoms with Gasteiger partial charge in [-0.2, -0.15) is 0 Å². The van der Waals surface area contributed by atoms with Crippen molar-refractivity contribution in [2.75, 3.05) is 31.5 Å². The van der Waals surface area contributed by atoms with Gasteiger partial charge >= 0.3 is 0 Å². The van der Waals surface area contributed by atoms with E-state index in [1.807, 2.05) is 24.4 Å². The largest absolute Gasteiger partial charge is 0.351 e. The number of thiophene rings is 1. The Bertz CT molecular complexity index is 1180.